The SMILES string of the molecule is COC1CCN(CC(=O)N(C)C2CCC(C)CC2)CC1. The number of hydrogen-bond acceptors (Lipinski definition) is 3. The van der Waals surface area contributed by atoms with Crippen LogP contribution in [0.25, 0.3) is 0 Å². The van der Waals surface area contributed by atoms with E-state index in [1.54, 1.807) is 7.11 Å². The largest absolute Gasteiger partial charge is 0.381 e. The van der Waals surface area contributed by atoms with Gasteiger partial charge in [-0.15, -0.1) is 0 Å². The zero-order valence-electron chi connectivity index (χ0n) is 13.3. The molecular weight excluding hydrogens is 252 g/mol. The van der Waals surface area contributed by atoms with E-state index in [0.717, 1.165) is 31.8 Å². The quantitative estimate of drug-likeness (QED) is 0.792. The van der Waals surface area contributed by atoms with Crippen molar-refractivity contribution in [2.75, 3.05) is 33.8 Å². The molecule has 0 spiro atoms. The zero-order valence-corrected chi connectivity index (χ0v) is 13.3. The Labute approximate surface area is 123 Å². The number of likely N-dealkylation sites (tertiary alicyclic amines) is 1. The lowest BCUT2D eigenvalue weighted by Gasteiger charge is -2.36. The van der Waals surface area contributed by atoms with Crippen LogP contribution < -0.4 is 0 Å². The Morgan fingerprint density at radius 3 is 2.30 bits per heavy atom. The highest BCUT2D eigenvalue weighted by molar-refractivity contribution is 5.78. The van der Waals surface area contributed by atoms with Crippen LogP contribution in [0.2, 0.25) is 0 Å². The predicted molar refractivity (Wildman–Crippen MR) is 80.7 cm³/mol. The van der Waals surface area contributed by atoms with Gasteiger partial charge in [-0.25, -0.2) is 0 Å². The minimum atomic E-state index is 0.292. The van der Waals surface area contributed by atoms with Crippen LogP contribution in [0.4, 0.5) is 0 Å². The lowest BCUT2D eigenvalue weighted by atomic mass is 9.87. The first kappa shape index (κ1) is 15.8. The molecular formula is C16H30N2O2. The van der Waals surface area contributed by atoms with Crippen LogP contribution in [0.15, 0.2) is 0 Å². The maximum absolute atomic E-state index is 12.4. The normalized spacial score (nSPS) is 29.4. The molecule has 2 fully saturated rings. The number of ether oxygens (including phenoxy) is 1. The van der Waals surface area contributed by atoms with Crippen LogP contribution in [0.1, 0.15) is 45.4 Å². The van der Waals surface area contributed by atoms with Gasteiger partial charge >= 0.3 is 0 Å². The summed E-state index contributed by atoms with van der Waals surface area (Å²) in [6.45, 7) is 4.87. The average molecular weight is 282 g/mol. The highest BCUT2D eigenvalue weighted by Crippen LogP contribution is 2.26. The van der Waals surface area contributed by atoms with Crippen molar-refractivity contribution in [2.24, 2.45) is 5.92 Å². The van der Waals surface area contributed by atoms with E-state index in [0.29, 0.717) is 24.6 Å². The third kappa shape index (κ3) is 4.19. The fourth-order valence-corrected chi connectivity index (χ4v) is 3.44. The molecule has 1 amide bonds. The van der Waals surface area contributed by atoms with Gasteiger partial charge in [0.25, 0.3) is 0 Å². The summed E-state index contributed by atoms with van der Waals surface area (Å²) in [6, 6.07) is 0.468. The smallest absolute Gasteiger partial charge is 0.236 e. The number of carbonyl (C=O) groups excluding carboxylic acids is 1. The van der Waals surface area contributed by atoms with Crippen LogP contribution in [0.3, 0.4) is 0 Å². The Morgan fingerprint density at radius 2 is 1.75 bits per heavy atom. The maximum Gasteiger partial charge on any atom is 0.236 e. The van der Waals surface area contributed by atoms with E-state index in [9.17, 15) is 4.79 Å². The first-order chi connectivity index (χ1) is 9.60. The fourth-order valence-electron chi connectivity index (χ4n) is 3.44. The minimum absolute atomic E-state index is 0.292. The molecule has 1 heterocycles. The molecule has 0 atom stereocenters. The molecule has 1 aliphatic carbocycles. The topological polar surface area (TPSA) is 32.8 Å². The number of methoxy groups -OCH3 is 1. The molecule has 2 aliphatic rings. The third-order valence-electron chi connectivity index (χ3n) is 5.15. The van der Waals surface area contributed by atoms with E-state index >= 15 is 0 Å². The summed E-state index contributed by atoms with van der Waals surface area (Å²) >= 11 is 0. The molecule has 0 aromatic carbocycles. The summed E-state index contributed by atoms with van der Waals surface area (Å²) < 4.78 is 5.38. The molecule has 4 nitrogen and oxygen atoms in total. The van der Waals surface area contributed by atoms with Gasteiger partial charge in [0.05, 0.1) is 12.6 Å². The van der Waals surface area contributed by atoms with Crippen molar-refractivity contribution in [3.8, 4) is 0 Å². The lowest BCUT2D eigenvalue weighted by molar-refractivity contribution is -0.134. The second kappa shape index (κ2) is 7.41. The summed E-state index contributed by atoms with van der Waals surface area (Å²) in [5.41, 5.74) is 0. The Kier molecular flexibility index (Phi) is 5.85. The molecule has 1 aliphatic heterocycles. The number of rotatable bonds is 4. The maximum atomic E-state index is 12.4. The van der Waals surface area contributed by atoms with Crippen LogP contribution in [0.5, 0.6) is 0 Å². The second-order valence-corrected chi connectivity index (χ2v) is 6.63. The average Bonchev–Trinajstić information content (AvgIpc) is 2.48. The van der Waals surface area contributed by atoms with Gasteiger partial charge in [-0.2, -0.15) is 0 Å². The first-order valence-corrected chi connectivity index (χ1v) is 8.11. The summed E-state index contributed by atoms with van der Waals surface area (Å²) in [6.07, 6.45) is 7.37. The van der Waals surface area contributed by atoms with Crippen molar-refractivity contribution < 1.29 is 9.53 Å². The standard InChI is InChI=1S/C16H30N2O2/c1-13-4-6-14(7-5-13)17(2)16(19)12-18-10-8-15(20-3)9-11-18/h13-15H,4-12H2,1-3H3. The van der Waals surface area contributed by atoms with Crippen molar-refractivity contribution in [3.05, 3.63) is 0 Å². The van der Waals surface area contributed by atoms with Crippen LogP contribution in [-0.4, -0.2) is 61.6 Å². The molecule has 0 N–H and O–H groups in total. The molecule has 4 heteroatoms. The van der Waals surface area contributed by atoms with Crippen LogP contribution >= 0.6 is 0 Å². The zero-order chi connectivity index (χ0) is 14.5. The van der Waals surface area contributed by atoms with Gasteiger partial charge in [0, 0.05) is 33.3 Å². The Balaban J connectivity index is 1.74. The first-order valence-electron chi connectivity index (χ1n) is 8.11. The Hall–Kier alpha value is -0.610. The lowest BCUT2D eigenvalue weighted by Crippen LogP contribution is -2.47. The van der Waals surface area contributed by atoms with Gasteiger partial charge in [0.1, 0.15) is 0 Å². The molecule has 0 aromatic rings. The van der Waals surface area contributed by atoms with Crippen LogP contribution in [-0.2, 0) is 9.53 Å². The highest BCUT2D eigenvalue weighted by Gasteiger charge is 2.27. The monoisotopic (exact) mass is 282 g/mol. The van der Waals surface area contributed by atoms with E-state index in [2.05, 4.69) is 11.8 Å². The molecule has 116 valence electrons. The van der Waals surface area contributed by atoms with Crippen molar-refractivity contribution in [1.29, 1.82) is 0 Å². The minimum Gasteiger partial charge on any atom is -0.381 e. The molecule has 0 aromatic heterocycles. The van der Waals surface area contributed by atoms with Gasteiger partial charge in [0.15, 0.2) is 0 Å². The van der Waals surface area contributed by atoms with E-state index in [1.807, 2.05) is 11.9 Å². The van der Waals surface area contributed by atoms with Gasteiger partial charge < -0.3 is 9.64 Å². The summed E-state index contributed by atoms with van der Waals surface area (Å²) in [7, 11) is 3.77. The summed E-state index contributed by atoms with van der Waals surface area (Å²) in [5.74, 6) is 1.13. The van der Waals surface area contributed by atoms with Crippen molar-refractivity contribution >= 4 is 5.91 Å². The second-order valence-electron chi connectivity index (χ2n) is 6.63. The predicted octanol–water partition coefficient (Wildman–Crippen LogP) is 2.13. The number of carbonyl (C=O) groups is 1. The molecule has 1 saturated heterocycles. The number of piperidine rings is 1. The van der Waals surface area contributed by atoms with Gasteiger partial charge in [-0.1, -0.05) is 6.92 Å². The van der Waals surface area contributed by atoms with E-state index in [1.165, 1.54) is 25.7 Å². The van der Waals surface area contributed by atoms with E-state index < -0.39 is 0 Å². The van der Waals surface area contributed by atoms with Gasteiger partial charge in [-0.05, 0) is 44.4 Å². The number of amides is 1. The highest BCUT2D eigenvalue weighted by atomic mass is 16.5. The molecule has 0 bridgehead atoms. The Bertz CT molecular complexity index is 306. The molecule has 1 saturated carbocycles. The summed E-state index contributed by atoms with van der Waals surface area (Å²) in [4.78, 5) is 16.7. The van der Waals surface area contributed by atoms with Crippen LogP contribution in [0, 0.1) is 5.92 Å². The third-order valence-corrected chi connectivity index (χ3v) is 5.15. The Morgan fingerprint density at radius 1 is 1.15 bits per heavy atom. The van der Waals surface area contributed by atoms with Crippen molar-refractivity contribution in [2.45, 2.75) is 57.6 Å². The molecule has 0 unspecified atom stereocenters. The van der Waals surface area contributed by atoms with E-state index in [4.69, 9.17) is 4.74 Å². The number of likely N-dealkylation sites (N-methyl/N-ethyl adjacent to an activating group) is 1. The van der Waals surface area contributed by atoms with Gasteiger partial charge in [-0.3, -0.25) is 9.69 Å². The van der Waals surface area contributed by atoms with Crippen molar-refractivity contribution in [3.63, 3.8) is 0 Å². The molecule has 0 radical (unpaired) electrons. The van der Waals surface area contributed by atoms with Gasteiger partial charge in [0.2, 0.25) is 5.91 Å². The summed E-state index contributed by atoms with van der Waals surface area (Å²) in [5, 5.41) is 0. The van der Waals surface area contributed by atoms with Crippen molar-refractivity contribution in [1.82, 2.24) is 9.80 Å². The molecule has 20 heavy (non-hydrogen) atoms. The number of nitrogens with zero attached hydrogens (tertiary/aromatic N) is 2. The number of hydrogen-bond donors (Lipinski definition) is 0. The fraction of sp³-hybridized carbons (Fsp3) is 0.938. The molecule has 2 rings (SSSR count). The van der Waals surface area contributed by atoms with E-state index in [-0.39, 0.29) is 0 Å².